The molecule has 4 rings (SSSR count). The molecule has 0 spiro atoms. The van der Waals surface area contributed by atoms with Gasteiger partial charge in [0.25, 0.3) is 0 Å². The normalized spacial score (nSPS) is 14.3. The molecule has 0 saturated carbocycles. The number of carbonyl (C=O) groups is 2. The first-order chi connectivity index (χ1) is 17.4. The molecular formula is C29H32FN3O3. The van der Waals surface area contributed by atoms with Crippen molar-refractivity contribution in [3.63, 3.8) is 0 Å². The van der Waals surface area contributed by atoms with Crippen LogP contribution >= 0.6 is 0 Å². The summed E-state index contributed by atoms with van der Waals surface area (Å²) in [6.07, 6.45) is 0.741. The number of hydrogen-bond donors (Lipinski definition) is 1. The van der Waals surface area contributed by atoms with Crippen molar-refractivity contribution in [3.05, 3.63) is 89.7 Å². The molecule has 0 radical (unpaired) electrons. The van der Waals surface area contributed by atoms with Crippen LogP contribution in [0.25, 0.3) is 0 Å². The van der Waals surface area contributed by atoms with Crippen molar-refractivity contribution in [2.45, 2.75) is 39.3 Å². The summed E-state index contributed by atoms with van der Waals surface area (Å²) in [6, 6.07) is 19.8. The molecule has 2 atom stereocenters. The molecule has 6 nitrogen and oxygen atoms in total. The minimum absolute atomic E-state index is 0.00980. The van der Waals surface area contributed by atoms with Crippen molar-refractivity contribution < 1.29 is 18.7 Å². The van der Waals surface area contributed by atoms with Gasteiger partial charge in [0.15, 0.2) is 0 Å². The predicted octanol–water partition coefficient (Wildman–Crippen LogP) is 5.02. The first-order valence-corrected chi connectivity index (χ1v) is 12.3. The summed E-state index contributed by atoms with van der Waals surface area (Å²) in [4.78, 5) is 31.2. The minimum atomic E-state index is -0.967. The summed E-state index contributed by atoms with van der Waals surface area (Å²) in [5, 5.41) is 3.03. The SMILES string of the molecule is CCC(C)NC(=O)C(c1ccccc1C)N(C(=O)CN1CCOc2ccccc21)c1cccc(F)c1. The van der Waals surface area contributed by atoms with E-state index in [4.69, 9.17) is 4.74 Å². The van der Waals surface area contributed by atoms with Crippen molar-refractivity contribution in [1.82, 2.24) is 5.32 Å². The molecule has 1 heterocycles. The van der Waals surface area contributed by atoms with Gasteiger partial charge in [-0.3, -0.25) is 14.5 Å². The lowest BCUT2D eigenvalue weighted by Gasteiger charge is -2.36. The van der Waals surface area contributed by atoms with Gasteiger partial charge in [-0.25, -0.2) is 4.39 Å². The number of amides is 2. The van der Waals surface area contributed by atoms with Gasteiger partial charge in [0, 0.05) is 11.7 Å². The fraction of sp³-hybridized carbons (Fsp3) is 0.310. The fourth-order valence-electron chi connectivity index (χ4n) is 4.41. The number of nitrogens with one attached hydrogen (secondary N) is 1. The molecule has 0 fully saturated rings. The van der Waals surface area contributed by atoms with Crippen LogP contribution < -0.4 is 19.9 Å². The minimum Gasteiger partial charge on any atom is -0.490 e. The van der Waals surface area contributed by atoms with Gasteiger partial charge in [0.05, 0.1) is 18.8 Å². The number of para-hydroxylation sites is 2. The molecule has 188 valence electrons. The monoisotopic (exact) mass is 489 g/mol. The molecule has 1 aliphatic rings. The van der Waals surface area contributed by atoms with Gasteiger partial charge in [-0.15, -0.1) is 0 Å². The number of anilines is 2. The molecule has 0 bridgehead atoms. The molecule has 3 aromatic carbocycles. The molecule has 3 aromatic rings. The molecule has 1 N–H and O–H groups in total. The van der Waals surface area contributed by atoms with E-state index in [0.29, 0.717) is 30.2 Å². The van der Waals surface area contributed by atoms with Crippen LogP contribution in [0.5, 0.6) is 5.75 Å². The fourth-order valence-corrected chi connectivity index (χ4v) is 4.41. The molecule has 2 unspecified atom stereocenters. The second-order valence-electron chi connectivity index (χ2n) is 9.06. The molecule has 0 aliphatic carbocycles. The Hall–Kier alpha value is -3.87. The zero-order valence-corrected chi connectivity index (χ0v) is 20.9. The van der Waals surface area contributed by atoms with Crippen LogP contribution in [0, 0.1) is 12.7 Å². The maximum Gasteiger partial charge on any atom is 0.248 e. The number of rotatable bonds is 8. The lowest BCUT2D eigenvalue weighted by molar-refractivity contribution is -0.126. The second-order valence-corrected chi connectivity index (χ2v) is 9.06. The van der Waals surface area contributed by atoms with E-state index >= 15 is 0 Å². The largest absolute Gasteiger partial charge is 0.490 e. The average Bonchev–Trinajstić information content (AvgIpc) is 2.87. The van der Waals surface area contributed by atoms with Gasteiger partial charge in [0.1, 0.15) is 24.2 Å². The van der Waals surface area contributed by atoms with E-state index in [-0.39, 0.29) is 24.4 Å². The summed E-state index contributed by atoms with van der Waals surface area (Å²) < 4.78 is 20.1. The number of benzene rings is 3. The molecule has 36 heavy (non-hydrogen) atoms. The third kappa shape index (κ3) is 5.51. The second kappa shape index (κ2) is 11.2. The van der Waals surface area contributed by atoms with Crippen LogP contribution in [0.3, 0.4) is 0 Å². The first-order valence-electron chi connectivity index (χ1n) is 12.3. The zero-order valence-electron chi connectivity index (χ0n) is 20.9. The molecular weight excluding hydrogens is 457 g/mol. The summed E-state index contributed by atoms with van der Waals surface area (Å²) >= 11 is 0. The van der Waals surface area contributed by atoms with Gasteiger partial charge < -0.3 is 15.0 Å². The van der Waals surface area contributed by atoms with E-state index in [2.05, 4.69) is 5.32 Å². The Morgan fingerprint density at radius 2 is 1.83 bits per heavy atom. The number of fused-ring (bicyclic) bond motifs is 1. The summed E-state index contributed by atoms with van der Waals surface area (Å²) in [5.41, 5.74) is 2.70. The Morgan fingerprint density at radius 3 is 2.58 bits per heavy atom. The van der Waals surface area contributed by atoms with Crippen molar-refractivity contribution in [1.29, 1.82) is 0 Å². The summed E-state index contributed by atoms with van der Waals surface area (Å²) in [7, 11) is 0. The maximum atomic E-state index is 14.4. The number of halogens is 1. The Bertz CT molecular complexity index is 1230. The number of hydrogen-bond acceptors (Lipinski definition) is 4. The highest BCUT2D eigenvalue weighted by Gasteiger charge is 2.35. The quantitative estimate of drug-likeness (QED) is 0.483. The number of aryl methyl sites for hydroxylation is 1. The molecule has 7 heteroatoms. The lowest BCUT2D eigenvalue weighted by Crippen LogP contribution is -2.50. The van der Waals surface area contributed by atoms with Gasteiger partial charge in [-0.05, 0) is 61.7 Å². The Morgan fingerprint density at radius 1 is 1.08 bits per heavy atom. The zero-order chi connectivity index (χ0) is 25.7. The van der Waals surface area contributed by atoms with Gasteiger partial charge in [-0.1, -0.05) is 49.4 Å². The van der Waals surface area contributed by atoms with Crippen LogP contribution in [0.15, 0.2) is 72.8 Å². The van der Waals surface area contributed by atoms with E-state index in [9.17, 15) is 14.0 Å². The van der Waals surface area contributed by atoms with Gasteiger partial charge in [-0.2, -0.15) is 0 Å². The van der Waals surface area contributed by atoms with Crippen LogP contribution in [0.4, 0.5) is 15.8 Å². The highest BCUT2D eigenvalue weighted by molar-refractivity contribution is 6.03. The van der Waals surface area contributed by atoms with Crippen LogP contribution in [0.2, 0.25) is 0 Å². The Balaban J connectivity index is 1.78. The maximum absolute atomic E-state index is 14.4. The highest BCUT2D eigenvalue weighted by Crippen LogP contribution is 2.34. The van der Waals surface area contributed by atoms with Gasteiger partial charge in [0.2, 0.25) is 11.8 Å². The third-order valence-corrected chi connectivity index (χ3v) is 6.50. The van der Waals surface area contributed by atoms with E-state index in [1.165, 1.54) is 17.0 Å². The van der Waals surface area contributed by atoms with E-state index in [1.54, 1.807) is 12.1 Å². The molecule has 2 amide bonds. The molecule has 0 aromatic heterocycles. The predicted molar refractivity (Wildman–Crippen MR) is 140 cm³/mol. The topological polar surface area (TPSA) is 61.9 Å². The number of nitrogens with zero attached hydrogens (tertiary/aromatic N) is 2. The average molecular weight is 490 g/mol. The van der Waals surface area contributed by atoms with E-state index < -0.39 is 11.9 Å². The smallest absolute Gasteiger partial charge is 0.248 e. The number of ether oxygens (including phenoxy) is 1. The molecule has 0 saturated heterocycles. The number of carbonyl (C=O) groups excluding carboxylic acids is 2. The van der Waals surface area contributed by atoms with Crippen molar-refractivity contribution in [2.75, 3.05) is 29.5 Å². The van der Waals surface area contributed by atoms with Crippen molar-refractivity contribution in [2.24, 2.45) is 0 Å². The van der Waals surface area contributed by atoms with Crippen LogP contribution in [-0.4, -0.2) is 37.6 Å². The van der Waals surface area contributed by atoms with Crippen molar-refractivity contribution >= 4 is 23.2 Å². The summed E-state index contributed by atoms with van der Waals surface area (Å²) in [5.74, 6) is -0.393. The van der Waals surface area contributed by atoms with Crippen molar-refractivity contribution in [3.8, 4) is 5.75 Å². The molecule has 1 aliphatic heterocycles. The highest BCUT2D eigenvalue weighted by atomic mass is 19.1. The third-order valence-electron chi connectivity index (χ3n) is 6.50. The van der Waals surface area contributed by atoms with Crippen LogP contribution in [0.1, 0.15) is 37.4 Å². The Kier molecular flexibility index (Phi) is 7.88. The summed E-state index contributed by atoms with van der Waals surface area (Å²) in [6.45, 7) is 6.79. The first kappa shape index (κ1) is 25.2. The standard InChI is InChI=1S/C29H32FN3O3/c1-4-21(3)31-29(35)28(24-13-6-5-10-20(24)2)33(23-12-9-11-22(30)18-23)27(34)19-32-16-17-36-26-15-8-7-14-25(26)32/h5-15,18,21,28H,4,16-17,19H2,1-3H3,(H,31,35). The van der Waals surface area contributed by atoms with Gasteiger partial charge >= 0.3 is 0 Å². The Labute approximate surface area is 211 Å². The van der Waals surface area contributed by atoms with Crippen LogP contribution in [-0.2, 0) is 9.59 Å². The van der Waals surface area contributed by atoms with E-state index in [0.717, 1.165) is 17.7 Å². The van der Waals surface area contributed by atoms with E-state index in [1.807, 2.05) is 74.2 Å². The lowest BCUT2D eigenvalue weighted by atomic mass is 9.97.